The smallest absolute Gasteiger partial charge is 0.185 e. The van der Waals surface area contributed by atoms with Crippen LogP contribution in [0.5, 0.6) is 0 Å². The van der Waals surface area contributed by atoms with Crippen molar-refractivity contribution in [1.82, 2.24) is 10.1 Å². The van der Waals surface area contributed by atoms with E-state index in [1.807, 2.05) is 12.1 Å². The van der Waals surface area contributed by atoms with Crippen molar-refractivity contribution in [3.63, 3.8) is 0 Å². The molecule has 0 aromatic carbocycles. The van der Waals surface area contributed by atoms with Crippen LogP contribution in [0.4, 0.5) is 0 Å². The van der Waals surface area contributed by atoms with Gasteiger partial charge in [-0.2, -0.15) is 0 Å². The number of pyridine rings is 1. The molecule has 0 radical (unpaired) electrons. The summed E-state index contributed by atoms with van der Waals surface area (Å²) >= 11 is 0. The third-order valence-corrected chi connectivity index (χ3v) is 2.76. The first kappa shape index (κ1) is 9.19. The number of nitrogens with zero attached hydrogens (tertiary/aromatic N) is 2. The SMILES string of the molecule is CCC(C)(C)c1noc2cccnc12. The Bertz CT molecular complexity index is 445. The van der Waals surface area contributed by atoms with Crippen LogP contribution < -0.4 is 0 Å². The molecule has 0 saturated heterocycles. The molecule has 0 amide bonds. The fraction of sp³-hybridized carbons (Fsp3) is 0.455. The van der Waals surface area contributed by atoms with Crippen LogP contribution >= 0.6 is 0 Å². The summed E-state index contributed by atoms with van der Waals surface area (Å²) in [5, 5.41) is 4.10. The lowest BCUT2D eigenvalue weighted by atomic mass is 9.86. The molecule has 0 unspecified atom stereocenters. The number of rotatable bonds is 2. The molecule has 2 aromatic rings. The van der Waals surface area contributed by atoms with E-state index in [1.54, 1.807) is 6.20 Å². The van der Waals surface area contributed by atoms with Crippen LogP contribution in [0.25, 0.3) is 11.1 Å². The van der Waals surface area contributed by atoms with Crippen LogP contribution in [0, 0.1) is 0 Å². The molecule has 14 heavy (non-hydrogen) atoms. The fourth-order valence-electron chi connectivity index (χ4n) is 1.39. The van der Waals surface area contributed by atoms with Crippen LogP contribution in [-0.4, -0.2) is 10.1 Å². The highest BCUT2D eigenvalue weighted by Gasteiger charge is 2.25. The standard InChI is InChI=1S/C11H14N2O/c1-4-11(2,3)10-9-8(14-13-10)6-5-7-12-9/h5-7H,4H2,1-3H3. The Morgan fingerprint density at radius 1 is 1.43 bits per heavy atom. The molecule has 0 aliphatic rings. The first-order valence-corrected chi connectivity index (χ1v) is 4.86. The van der Waals surface area contributed by atoms with Crippen molar-refractivity contribution in [2.24, 2.45) is 0 Å². The zero-order chi connectivity index (χ0) is 10.2. The summed E-state index contributed by atoms with van der Waals surface area (Å²) in [6, 6.07) is 3.75. The molecule has 0 atom stereocenters. The maximum absolute atomic E-state index is 5.22. The van der Waals surface area contributed by atoms with E-state index in [4.69, 9.17) is 4.52 Å². The number of hydrogen-bond donors (Lipinski definition) is 0. The number of fused-ring (bicyclic) bond motifs is 1. The molecule has 74 valence electrons. The van der Waals surface area contributed by atoms with Crippen molar-refractivity contribution in [3.8, 4) is 0 Å². The lowest BCUT2D eigenvalue weighted by Crippen LogP contribution is -2.16. The first-order valence-electron chi connectivity index (χ1n) is 4.86. The second kappa shape index (κ2) is 3.08. The van der Waals surface area contributed by atoms with Gasteiger partial charge in [0.1, 0.15) is 11.2 Å². The van der Waals surface area contributed by atoms with E-state index in [2.05, 4.69) is 30.9 Å². The summed E-state index contributed by atoms with van der Waals surface area (Å²) in [5.41, 5.74) is 2.64. The molecular weight excluding hydrogens is 176 g/mol. The molecule has 2 rings (SSSR count). The van der Waals surface area contributed by atoms with Gasteiger partial charge in [0.25, 0.3) is 0 Å². The maximum Gasteiger partial charge on any atom is 0.185 e. The van der Waals surface area contributed by atoms with Gasteiger partial charge in [-0.15, -0.1) is 0 Å². The fourth-order valence-corrected chi connectivity index (χ4v) is 1.39. The molecule has 0 fully saturated rings. The monoisotopic (exact) mass is 190 g/mol. The van der Waals surface area contributed by atoms with Crippen LogP contribution in [-0.2, 0) is 5.41 Å². The Morgan fingerprint density at radius 3 is 2.93 bits per heavy atom. The van der Waals surface area contributed by atoms with Crippen molar-refractivity contribution in [2.75, 3.05) is 0 Å². The van der Waals surface area contributed by atoms with Crippen molar-refractivity contribution >= 4 is 11.1 Å². The molecule has 3 heteroatoms. The van der Waals surface area contributed by atoms with Crippen molar-refractivity contribution in [2.45, 2.75) is 32.6 Å². The summed E-state index contributed by atoms with van der Waals surface area (Å²) in [7, 11) is 0. The van der Waals surface area contributed by atoms with Gasteiger partial charge in [0.2, 0.25) is 0 Å². The van der Waals surface area contributed by atoms with Crippen LogP contribution in [0.15, 0.2) is 22.9 Å². The van der Waals surface area contributed by atoms with E-state index in [9.17, 15) is 0 Å². The highest BCUT2D eigenvalue weighted by Crippen LogP contribution is 2.30. The van der Waals surface area contributed by atoms with Gasteiger partial charge in [0.05, 0.1) is 0 Å². The lowest BCUT2D eigenvalue weighted by molar-refractivity contribution is 0.402. The molecule has 3 nitrogen and oxygen atoms in total. The molecular formula is C11H14N2O. The topological polar surface area (TPSA) is 38.9 Å². The second-order valence-electron chi connectivity index (χ2n) is 4.12. The summed E-state index contributed by atoms with van der Waals surface area (Å²) in [6.45, 7) is 6.45. The highest BCUT2D eigenvalue weighted by molar-refractivity contribution is 5.75. The van der Waals surface area contributed by atoms with Crippen molar-refractivity contribution < 1.29 is 4.52 Å². The zero-order valence-corrected chi connectivity index (χ0v) is 8.74. The summed E-state index contributed by atoms with van der Waals surface area (Å²) < 4.78 is 5.22. The predicted molar refractivity (Wildman–Crippen MR) is 55.1 cm³/mol. The average molecular weight is 190 g/mol. The Balaban J connectivity index is 2.64. The predicted octanol–water partition coefficient (Wildman–Crippen LogP) is 2.91. The highest BCUT2D eigenvalue weighted by atomic mass is 16.5. The number of aromatic nitrogens is 2. The van der Waals surface area contributed by atoms with E-state index in [-0.39, 0.29) is 5.41 Å². The lowest BCUT2D eigenvalue weighted by Gasteiger charge is -2.18. The van der Waals surface area contributed by atoms with Gasteiger partial charge in [-0.25, -0.2) is 0 Å². The normalized spacial score (nSPS) is 12.2. The van der Waals surface area contributed by atoms with Crippen LogP contribution in [0.2, 0.25) is 0 Å². The van der Waals surface area contributed by atoms with Gasteiger partial charge in [-0.1, -0.05) is 25.9 Å². The minimum atomic E-state index is 0.0274. The van der Waals surface area contributed by atoms with Crippen molar-refractivity contribution in [3.05, 3.63) is 24.0 Å². The summed E-state index contributed by atoms with van der Waals surface area (Å²) in [4.78, 5) is 4.30. The van der Waals surface area contributed by atoms with E-state index in [0.29, 0.717) is 0 Å². The zero-order valence-electron chi connectivity index (χ0n) is 8.74. The van der Waals surface area contributed by atoms with Gasteiger partial charge >= 0.3 is 0 Å². The maximum atomic E-state index is 5.22. The van der Waals surface area contributed by atoms with Crippen LogP contribution in [0.1, 0.15) is 32.9 Å². The van der Waals surface area contributed by atoms with Gasteiger partial charge in [-0.05, 0) is 18.6 Å². The third kappa shape index (κ3) is 1.29. The van der Waals surface area contributed by atoms with Gasteiger partial charge in [0.15, 0.2) is 5.58 Å². The van der Waals surface area contributed by atoms with E-state index in [1.165, 1.54) is 0 Å². The van der Waals surface area contributed by atoms with E-state index in [0.717, 1.165) is 23.2 Å². The van der Waals surface area contributed by atoms with E-state index < -0.39 is 0 Å². The largest absolute Gasteiger partial charge is 0.354 e. The molecule has 2 aromatic heterocycles. The minimum absolute atomic E-state index is 0.0274. The third-order valence-electron chi connectivity index (χ3n) is 2.76. The summed E-state index contributed by atoms with van der Waals surface area (Å²) in [6.07, 6.45) is 2.79. The quantitative estimate of drug-likeness (QED) is 0.730. The van der Waals surface area contributed by atoms with Crippen molar-refractivity contribution in [1.29, 1.82) is 0 Å². The van der Waals surface area contributed by atoms with Gasteiger partial charge in [0, 0.05) is 11.6 Å². The van der Waals surface area contributed by atoms with Gasteiger partial charge in [-0.3, -0.25) is 4.98 Å². The average Bonchev–Trinajstić information content (AvgIpc) is 2.61. The molecule has 0 aliphatic heterocycles. The summed E-state index contributed by atoms with van der Waals surface area (Å²) in [5.74, 6) is 0. The molecule has 0 N–H and O–H groups in total. The minimum Gasteiger partial charge on any atom is -0.354 e. The molecule has 2 heterocycles. The Labute approximate surface area is 83.1 Å². The van der Waals surface area contributed by atoms with E-state index >= 15 is 0 Å². The molecule has 0 spiro atoms. The Morgan fingerprint density at radius 2 is 2.21 bits per heavy atom. The molecule has 0 bridgehead atoms. The first-order chi connectivity index (χ1) is 6.65. The Hall–Kier alpha value is -1.38. The Kier molecular flexibility index (Phi) is 2.02. The molecule has 0 aliphatic carbocycles. The van der Waals surface area contributed by atoms with Crippen LogP contribution in [0.3, 0.4) is 0 Å². The van der Waals surface area contributed by atoms with Gasteiger partial charge < -0.3 is 4.52 Å². The number of hydrogen-bond acceptors (Lipinski definition) is 3. The second-order valence-corrected chi connectivity index (χ2v) is 4.12. The molecule has 0 saturated carbocycles.